The number of carbonyl (C=O) groups is 1. The van der Waals surface area contributed by atoms with Gasteiger partial charge in [-0.25, -0.2) is 4.98 Å². The summed E-state index contributed by atoms with van der Waals surface area (Å²) in [7, 11) is 6.60. The van der Waals surface area contributed by atoms with Gasteiger partial charge in [0.25, 0.3) is 5.91 Å². The second kappa shape index (κ2) is 8.96. The molecule has 6 nitrogen and oxygen atoms in total. The van der Waals surface area contributed by atoms with Crippen molar-refractivity contribution in [3.8, 4) is 27.8 Å². The molecule has 0 atom stereocenters. The molecule has 0 radical (unpaired) electrons. The molecular weight excluding hydrogens is 388 g/mol. The van der Waals surface area contributed by atoms with Crippen LogP contribution < -0.4 is 14.2 Å². The molecule has 29 heavy (non-hydrogen) atoms. The number of aryl methyl sites for hydroxylation is 1. The van der Waals surface area contributed by atoms with E-state index < -0.39 is 0 Å². The van der Waals surface area contributed by atoms with E-state index in [1.165, 1.54) is 11.3 Å². The summed E-state index contributed by atoms with van der Waals surface area (Å²) in [4.78, 5) is 19.9. The fourth-order valence-corrected chi connectivity index (χ4v) is 4.08. The molecule has 3 rings (SSSR count). The highest BCUT2D eigenvalue weighted by molar-refractivity contribution is 7.17. The monoisotopic (exact) mass is 412 g/mol. The predicted molar refractivity (Wildman–Crippen MR) is 114 cm³/mol. The van der Waals surface area contributed by atoms with Crippen molar-refractivity contribution in [1.29, 1.82) is 0 Å². The zero-order chi connectivity index (χ0) is 21.0. The quantitative estimate of drug-likeness (QED) is 0.575. The summed E-state index contributed by atoms with van der Waals surface area (Å²) in [5, 5.41) is 0.762. The number of rotatable bonds is 7. The van der Waals surface area contributed by atoms with E-state index >= 15 is 0 Å². The van der Waals surface area contributed by atoms with Crippen LogP contribution in [0.3, 0.4) is 0 Å². The summed E-state index contributed by atoms with van der Waals surface area (Å²) in [6.07, 6.45) is 0. The molecule has 1 amide bonds. The van der Waals surface area contributed by atoms with Gasteiger partial charge in [-0.1, -0.05) is 18.2 Å². The Kier molecular flexibility index (Phi) is 6.39. The lowest BCUT2D eigenvalue weighted by molar-refractivity contribution is 0.0788. The molecule has 0 saturated heterocycles. The van der Waals surface area contributed by atoms with Crippen molar-refractivity contribution >= 4 is 17.2 Å². The Labute approximate surface area is 174 Å². The van der Waals surface area contributed by atoms with Gasteiger partial charge in [-0.05, 0) is 31.2 Å². The molecule has 152 valence electrons. The average Bonchev–Trinajstić information content (AvgIpc) is 3.14. The number of ether oxygens (including phenoxy) is 3. The molecule has 0 aliphatic heterocycles. The van der Waals surface area contributed by atoms with Crippen LogP contribution >= 0.6 is 11.3 Å². The van der Waals surface area contributed by atoms with Gasteiger partial charge in [-0.15, -0.1) is 11.3 Å². The van der Waals surface area contributed by atoms with Crippen molar-refractivity contribution in [2.75, 3.05) is 28.4 Å². The third-order valence-electron chi connectivity index (χ3n) is 4.57. The minimum Gasteiger partial charge on any atom is -0.496 e. The fraction of sp³-hybridized carbons (Fsp3) is 0.273. The highest BCUT2D eigenvalue weighted by Gasteiger charge is 2.21. The summed E-state index contributed by atoms with van der Waals surface area (Å²) in [5.41, 5.74) is 2.53. The molecule has 2 aromatic carbocycles. The van der Waals surface area contributed by atoms with Crippen molar-refractivity contribution in [3.63, 3.8) is 0 Å². The summed E-state index contributed by atoms with van der Waals surface area (Å²) in [5.74, 6) is 1.97. The molecule has 0 bridgehead atoms. The van der Waals surface area contributed by atoms with Gasteiger partial charge in [0.15, 0.2) is 11.5 Å². The summed E-state index contributed by atoms with van der Waals surface area (Å²) < 4.78 is 16.1. The van der Waals surface area contributed by atoms with Crippen LogP contribution in [0.1, 0.15) is 20.9 Å². The highest BCUT2D eigenvalue weighted by Crippen LogP contribution is 2.35. The molecule has 3 aromatic rings. The van der Waals surface area contributed by atoms with E-state index in [0.29, 0.717) is 28.6 Å². The van der Waals surface area contributed by atoms with Crippen LogP contribution in [0, 0.1) is 6.92 Å². The lowest BCUT2D eigenvalue weighted by Crippen LogP contribution is -2.26. The summed E-state index contributed by atoms with van der Waals surface area (Å²) >= 11 is 1.37. The maximum Gasteiger partial charge on any atom is 0.265 e. The zero-order valence-electron chi connectivity index (χ0n) is 17.2. The van der Waals surface area contributed by atoms with Crippen LogP contribution in [0.25, 0.3) is 10.6 Å². The topological polar surface area (TPSA) is 60.9 Å². The number of thiazole rings is 1. The second-order valence-electron chi connectivity index (χ2n) is 6.48. The van der Waals surface area contributed by atoms with Crippen molar-refractivity contribution in [2.45, 2.75) is 13.5 Å². The Morgan fingerprint density at radius 3 is 2.38 bits per heavy atom. The van der Waals surface area contributed by atoms with Crippen LogP contribution in [0.15, 0.2) is 42.5 Å². The first-order valence-electron chi connectivity index (χ1n) is 9.05. The van der Waals surface area contributed by atoms with Crippen LogP contribution in [-0.4, -0.2) is 44.2 Å². The van der Waals surface area contributed by atoms with E-state index in [9.17, 15) is 4.79 Å². The van der Waals surface area contributed by atoms with Gasteiger partial charge in [0.05, 0.1) is 27.0 Å². The normalized spacial score (nSPS) is 10.5. The van der Waals surface area contributed by atoms with Crippen molar-refractivity contribution in [1.82, 2.24) is 9.88 Å². The predicted octanol–water partition coefficient (Wildman–Crippen LogP) is 4.42. The summed E-state index contributed by atoms with van der Waals surface area (Å²) in [6, 6.07) is 13.3. The SMILES string of the molecule is COc1ccccc1CN(C)C(=O)c1sc(-c2ccc(OC)c(OC)c2)nc1C. The van der Waals surface area contributed by atoms with E-state index in [4.69, 9.17) is 14.2 Å². The van der Waals surface area contributed by atoms with E-state index in [0.717, 1.165) is 21.9 Å². The van der Waals surface area contributed by atoms with E-state index in [2.05, 4.69) is 4.98 Å². The summed E-state index contributed by atoms with van der Waals surface area (Å²) in [6.45, 7) is 2.30. The van der Waals surface area contributed by atoms with Crippen LogP contribution in [0.4, 0.5) is 0 Å². The number of hydrogen-bond acceptors (Lipinski definition) is 6. The van der Waals surface area contributed by atoms with E-state index in [1.807, 2.05) is 49.4 Å². The smallest absolute Gasteiger partial charge is 0.265 e. The molecule has 0 N–H and O–H groups in total. The molecule has 0 aliphatic carbocycles. The number of aromatic nitrogens is 1. The molecule has 1 aromatic heterocycles. The molecule has 0 spiro atoms. The number of para-hydroxylation sites is 1. The molecule has 0 unspecified atom stereocenters. The Hall–Kier alpha value is -3.06. The lowest BCUT2D eigenvalue weighted by atomic mass is 10.2. The molecule has 0 aliphatic rings. The Bertz CT molecular complexity index is 1020. The number of carbonyl (C=O) groups excluding carboxylic acids is 1. The van der Waals surface area contributed by atoms with Gasteiger partial charge in [-0.2, -0.15) is 0 Å². The third kappa shape index (κ3) is 4.35. The van der Waals surface area contributed by atoms with Gasteiger partial charge in [0.2, 0.25) is 0 Å². The number of nitrogens with zero attached hydrogens (tertiary/aromatic N) is 2. The van der Waals surface area contributed by atoms with Gasteiger partial charge in [0.1, 0.15) is 15.6 Å². The highest BCUT2D eigenvalue weighted by atomic mass is 32.1. The van der Waals surface area contributed by atoms with Crippen LogP contribution in [0.2, 0.25) is 0 Å². The second-order valence-corrected chi connectivity index (χ2v) is 7.48. The Morgan fingerprint density at radius 2 is 1.69 bits per heavy atom. The third-order valence-corrected chi connectivity index (χ3v) is 5.76. The van der Waals surface area contributed by atoms with Crippen molar-refractivity contribution < 1.29 is 19.0 Å². The maximum absolute atomic E-state index is 13.0. The minimum absolute atomic E-state index is 0.0716. The first-order chi connectivity index (χ1) is 14.0. The van der Waals surface area contributed by atoms with Crippen LogP contribution in [0.5, 0.6) is 17.2 Å². The lowest BCUT2D eigenvalue weighted by Gasteiger charge is -2.18. The van der Waals surface area contributed by atoms with Gasteiger partial charge in [-0.3, -0.25) is 4.79 Å². The number of hydrogen-bond donors (Lipinski definition) is 0. The molecule has 1 heterocycles. The zero-order valence-corrected chi connectivity index (χ0v) is 18.0. The Morgan fingerprint density at radius 1 is 1.00 bits per heavy atom. The van der Waals surface area contributed by atoms with Gasteiger partial charge in [0, 0.05) is 24.7 Å². The first kappa shape index (κ1) is 20.7. The van der Waals surface area contributed by atoms with Crippen molar-refractivity contribution in [3.05, 3.63) is 58.6 Å². The largest absolute Gasteiger partial charge is 0.496 e. The van der Waals surface area contributed by atoms with Crippen LogP contribution in [-0.2, 0) is 6.54 Å². The van der Waals surface area contributed by atoms with Gasteiger partial charge >= 0.3 is 0 Å². The number of methoxy groups -OCH3 is 3. The standard InChI is InChI=1S/C22H24N2O4S/c1-14-20(22(25)24(2)13-16-8-6-7-9-17(16)26-3)29-21(23-14)15-10-11-18(27-4)19(12-15)28-5/h6-12H,13H2,1-5H3. The fourth-order valence-electron chi connectivity index (χ4n) is 3.02. The minimum atomic E-state index is -0.0716. The number of amides is 1. The molecular formula is C22H24N2O4S. The average molecular weight is 413 g/mol. The van der Waals surface area contributed by atoms with Gasteiger partial charge < -0.3 is 19.1 Å². The molecule has 7 heteroatoms. The number of benzene rings is 2. The molecule has 0 saturated carbocycles. The van der Waals surface area contributed by atoms with E-state index in [-0.39, 0.29) is 5.91 Å². The molecule has 0 fully saturated rings. The maximum atomic E-state index is 13.0. The first-order valence-corrected chi connectivity index (χ1v) is 9.87. The van der Waals surface area contributed by atoms with E-state index in [1.54, 1.807) is 33.3 Å². The van der Waals surface area contributed by atoms with Crippen molar-refractivity contribution in [2.24, 2.45) is 0 Å². The Balaban J connectivity index is 1.85.